The number of hydrogen-bond acceptors (Lipinski definition) is 5. The first-order valence-corrected chi connectivity index (χ1v) is 7.63. The van der Waals surface area contributed by atoms with Crippen molar-refractivity contribution in [2.24, 2.45) is 0 Å². The Hall–Kier alpha value is -3.36. The molecule has 132 valence electrons. The highest BCUT2D eigenvalue weighted by atomic mass is 19.4. The minimum atomic E-state index is -4.42. The van der Waals surface area contributed by atoms with Crippen molar-refractivity contribution in [2.75, 3.05) is 5.32 Å². The van der Waals surface area contributed by atoms with Gasteiger partial charge in [-0.1, -0.05) is 6.07 Å². The second-order valence-corrected chi connectivity index (χ2v) is 5.61. The second-order valence-electron chi connectivity index (χ2n) is 5.61. The van der Waals surface area contributed by atoms with E-state index in [0.717, 1.165) is 12.1 Å². The molecule has 0 aliphatic carbocycles. The maximum absolute atomic E-state index is 12.9. The molecule has 0 aliphatic heterocycles. The maximum atomic E-state index is 12.9. The molecule has 1 N–H and O–H groups in total. The molecule has 0 amide bonds. The van der Waals surface area contributed by atoms with Gasteiger partial charge in [0.1, 0.15) is 5.82 Å². The molecule has 3 heterocycles. The molecule has 0 atom stereocenters. The van der Waals surface area contributed by atoms with Crippen molar-refractivity contribution >= 4 is 17.3 Å². The summed E-state index contributed by atoms with van der Waals surface area (Å²) >= 11 is 0. The van der Waals surface area contributed by atoms with Crippen LogP contribution in [0.1, 0.15) is 11.3 Å². The Kier molecular flexibility index (Phi) is 3.64. The van der Waals surface area contributed by atoms with Gasteiger partial charge in [0, 0.05) is 17.4 Å². The Morgan fingerprint density at radius 2 is 1.92 bits per heavy atom. The molecule has 0 saturated heterocycles. The summed E-state index contributed by atoms with van der Waals surface area (Å²) in [4.78, 5) is 8.60. The van der Waals surface area contributed by atoms with E-state index >= 15 is 0 Å². The Bertz CT molecular complexity index is 1070. The number of alkyl halides is 3. The molecule has 9 heteroatoms. The topological polar surface area (TPSA) is 68.2 Å². The van der Waals surface area contributed by atoms with Crippen LogP contribution in [0, 0.1) is 6.92 Å². The summed E-state index contributed by atoms with van der Waals surface area (Å²) in [5, 5.41) is 7.28. The molecule has 6 nitrogen and oxygen atoms in total. The van der Waals surface area contributed by atoms with Gasteiger partial charge in [0.25, 0.3) is 5.78 Å². The highest BCUT2D eigenvalue weighted by molar-refractivity contribution is 5.61. The van der Waals surface area contributed by atoms with Crippen molar-refractivity contribution in [3.63, 3.8) is 0 Å². The average molecular weight is 359 g/mol. The van der Waals surface area contributed by atoms with Gasteiger partial charge in [-0.25, -0.2) is 4.98 Å². The quantitative estimate of drug-likeness (QED) is 0.585. The fraction of sp³-hybridized carbons (Fsp3) is 0.118. The van der Waals surface area contributed by atoms with E-state index in [9.17, 15) is 13.2 Å². The largest absolute Gasteiger partial charge is 0.461 e. The number of aromatic nitrogens is 4. The standard InChI is InChI=1S/C17H12F3N5O/c1-10-8-14(22-12-5-2-4-11(9-12)17(18,19)20)25-16(21-10)23-15(24-25)13-6-3-7-26-13/h2-9,22H,1H3. The van der Waals surface area contributed by atoms with E-state index in [0.29, 0.717) is 28.9 Å². The molecule has 3 aromatic heterocycles. The lowest BCUT2D eigenvalue weighted by Gasteiger charge is -2.11. The summed E-state index contributed by atoms with van der Waals surface area (Å²) in [5.41, 5.74) is 0.187. The van der Waals surface area contributed by atoms with E-state index in [1.54, 1.807) is 31.2 Å². The number of furan rings is 1. The van der Waals surface area contributed by atoms with Crippen LogP contribution in [-0.4, -0.2) is 19.6 Å². The molecule has 0 spiro atoms. The molecule has 4 rings (SSSR count). The fourth-order valence-electron chi connectivity index (χ4n) is 2.51. The van der Waals surface area contributed by atoms with Crippen LogP contribution < -0.4 is 5.32 Å². The molecular weight excluding hydrogens is 347 g/mol. The lowest BCUT2D eigenvalue weighted by atomic mass is 10.2. The first-order chi connectivity index (χ1) is 12.4. The molecule has 4 aromatic rings. The van der Waals surface area contributed by atoms with Crippen molar-refractivity contribution in [1.29, 1.82) is 0 Å². The average Bonchev–Trinajstić information content (AvgIpc) is 3.23. The zero-order chi connectivity index (χ0) is 18.3. The van der Waals surface area contributed by atoms with Gasteiger partial charge in [-0.15, -0.1) is 5.10 Å². The molecule has 0 saturated carbocycles. The molecule has 26 heavy (non-hydrogen) atoms. The first kappa shape index (κ1) is 16.1. The van der Waals surface area contributed by atoms with Crippen molar-refractivity contribution in [2.45, 2.75) is 13.1 Å². The van der Waals surface area contributed by atoms with Crippen molar-refractivity contribution in [3.8, 4) is 11.6 Å². The summed E-state index contributed by atoms with van der Waals surface area (Å²) in [6.45, 7) is 1.76. The van der Waals surface area contributed by atoms with Crippen LogP contribution in [0.4, 0.5) is 24.7 Å². The van der Waals surface area contributed by atoms with Gasteiger partial charge in [0.05, 0.1) is 11.8 Å². The first-order valence-electron chi connectivity index (χ1n) is 7.63. The summed E-state index contributed by atoms with van der Waals surface area (Å²) in [6.07, 6.45) is -2.91. The summed E-state index contributed by atoms with van der Waals surface area (Å²) in [6, 6.07) is 10.0. The van der Waals surface area contributed by atoms with Crippen molar-refractivity contribution in [3.05, 3.63) is 60.0 Å². The number of rotatable bonds is 3. The van der Waals surface area contributed by atoms with Gasteiger partial charge in [0.2, 0.25) is 5.82 Å². The van der Waals surface area contributed by atoms with Gasteiger partial charge < -0.3 is 9.73 Å². The van der Waals surface area contributed by atoms with Gasteiger partial charge in [-0.05, 0) is 37.3 Å². The van der Waals surface area contributed by atoms with Crippen LogP contribution in [0.25, 0.3) is 17.4 Å². The maximum Gasteiger partial charge on any atom is 0.416 e. The number of halogens is 3. The molecule has 0 bridgehead atoms. The van der Waals surface area contributed by atoms with E-state index in [-0.39, 0.29) is 5.69 Å². The number of benzene rings is 1. The number of aryl methyl sites for hydroxylation is 1. The smallest absolute Gasteiger partial charge is 0.416 e. The zero-order valence-electron chi connectivity index (χ0n) is 13.4. The SMILES string of the molecule is Cc1cc(Nc2cccc(C(F)(F)F)c2)n2nc(-c3ccco3)nc2n1. The van der Waals surface area contributed by atoms with Crippen LogP contribution in [0.2, 0.25) is 0 Å². The third kappa shape index (κ3) is 2.99. The predicted octanol–water partition coefficient (Wildman–Crippen LogP) is 4.46. The molecule has 0 radical (unpaired) electrons. The Morgan fingerprint density at radius 3 is 2.65 bits per heavy atom. The number of nitrogens with zero attached hydrogens (tertiary/aromatic N) is 4. The number of nitrogens with one attached hydrogen (secondary N) is 1. The van der Waals surface area contributed by atoms with Crippen LogP contribution in [0.5, 0.6) is 0 Å². The van der Waals surface area contributed by atoms with Crippen LogP contribution in [0.3, 0.4) is 0 Å². The van der Waals surface area contributed by atoms with E-state index in [1.165, 1.54) is 16.8 Å². The Balaban J connectivity index is 1.77. The normalized spacial score (nSPS) is 11.8. The summed E-state index contributed by atoms with van der Waals surface area (Å²) < 4.78 is 45.4. The van der Waals surface area contributed by atoms with Gasteiger partial charge >= 0.3 is 6.18 Å². The summed E-state index contributed by atoms with van der Waals surface area (Å²) in [5.74, 6) is 1.56. The number of hydrogen-bond donors (Lipinski definition) is 1. The van der Waals surface area contributed by atoms with E-state index in [4.69, 9.17) is 4.42 Å². The van der Waals surface area contributed by atoms with Crippen LogP contribution in [0.15, 0.2) is 53.1 Å². The van der Waals surface area contributed by atoms with Gasteiger partial charge in [-0.3, -0.25) is 0 Å². The Labute approximate surface area is 145 Å². The molecule has 1 aromatic carbocycles. The zero-order valence-corrected chi connectivity index (χ0v) is 13.4. The lowest BCUT2D eigenvalue weighted by molar-refractivity contribution is -0.137. The number of anilines is 2. The van der Waals surface area contributed by atoms with Gasteiger partial charge in [-0.2, -0.15) is 22.7 Å². The minimum Gasteiger partial charge on any atom is -0.461 e. The Morgan fingerprint density at radius 1 is 1.08 bits per heavy atom. The molecular formula is C17H12F3N5O. The second kappa shape index (κ2) is 5.87. The predicted molar refractivity (Wildman–Crippen MR) is 87.9 cm³/mol. The van der Waals surface area contributed by atoms with Crippen molar-refractivity contribution < 1.29 is 17.6 Å². The van der Waals surface area contributed by atoms with E-state index < -0.39 is 11.7 Å². The van der Waals surface area contributed by atoms with E-state index in [1.807, 2.05) is 0 Å². The summed E-state index contributed by atoms with van der Waals surface area (Å²) in [7, 11) is 0. The highest BCUT2D eigenvalue weighted by Gasteiger charge is 2.30. The highest BCUT2D eigenvalue weighted by Crippen LogP contribution is 2.31. The van der Waals surface area contributed by atoms with E-state index in [2.05, 4.69) is 20.4 Å². The molecule has 0 unspecified atom stereocenters. The molecule has 0 aliphatic rings. The molecule has 0 fully saturated rings. The third-order valence-corrected chi connectivity index (χ3v) is 3.64. The minimum absolute atomic E-state index is 0.279. The number of fused-ring (bicyclic) bond motifs is 1. The van der Waals surface area contributed by atoms with Crippen molar-refractivity contribution in [1.82, 2.24) is 19.6 Å². The monoisotopic (exact) mass is 359 g/mol. The lowest BCUT2D eigenvalue weighted by Crippen LogP contribution is -2.06. The third-order valence-electron chi connectivity index (χ3n) is 3.64. The fourth-order valence-corrected chi connectivity index (χ4v) is 2.51. The van der Waals surface area contributed by atoms with Crippen LogP contribution >= 0.6 is 0 Å². The van der Waals surface area contributed by atoms with Gasteiger partial charge in [0.15, 0.2) is 5.76 Å². The van der Waals surface area contributed by atoms with Crippen LogP contribution in [-0.2, 0) is 6.18 Å².